The second-order valence-corrected chi connectivity index (χ2v) is 5.23. The lowest BCUT2D eigenvalue weighted by Gasteiger charge is -2.24. The van der Waals surface area contributed by atoms with Crippen LogP contribution in [0.15, 0.2) is 42.6 Å². The summed E-state index contributed by atoms with van der Waals surface area (Å²) in [5.74, 6) is 0.602. The molecule has 1 aromatic carbocycles. The third-order valence-corrected chi connectivity index (χ3v) is 3.70. The molecule has 0 atom stereocenters. The maximum atomic E-state index is 11.2. The van der Waals surface area contributed by atoms with Crippen LogP contribution in [-0.4, -0.2) is 15.9 Å². The van der Waals surface area contributed by atoms with Crippen molar-refractivity contribution >= 4 is 11.5 Å². The van der Waals surface area contributed by atoms with Gasteiger partial charge in [0.25, 0.3) is 5.69 Å². The van der Waals surface area contributed by atoms with Crippen molar-refractivity contribution in [3.05, 3.63) is 63.8 Å². The van der Waals surface area contributed by atoms with Gasteiger partial charge in [0, 0.05) is 23.9 Å². The standard InChI is InChI=1S/C16H14N4O2/c17-10-12-5-3-9-18-16(12)19(14-7-8-14)11-13-4-1-2-6-15(13)20(21)22/h1-6,9,14H,7-8,11H2. The molecular weight excluding hydrogens is 280 g/mol. The molecule has 0 spiro atoms. The summed E-state index contributed by atoms with van der Waals surface area (Å²) in [5.41, 5.74) is 1.23. The highest BCUT2D eigenvalue weighted by Gasteiger charge is 2.32. The summed E-state index contributed by atoms with van der Waals surface area (Å²) in [6.07, 6.45) is 3.68. The second-order valence-electron chi connectivity index (χ2n) is 5.23. The molecule has 1 aliphatic rings. The van der Waals surface area contributed by atoms with Crippen molar-refractivity contribution in [2.24, 2.45) is 0 Å². The number of aromatic nitrogens is 1. The molecule has 0 aliphatic heterocycles. The number of nitro benzene ring substituents is 1. The molecule has 110 valence electrons. The highest BCUT2D eigenvalue weighted by Crippen LogP contribution is 2.34. The third-order valence-electron chi connectivity index (χ3n) is 3.70. The Kier molecular flexibility index (Phi) is 3.71. The van der Waals surface area contributed by atoms with Crippen LogP contribution in [0.4, 0.5) is 11.5 Å². The Morgan fingerprint density at radius 2 is 2.09 bits per heavy atom. The van der Waals surface area contributed by atoms with Gasteiger partial charge in [-0.3, -0.25) is 10.1 Å². The summed E-state index contributed by atoms with van der Waals surface area (Å²) in [5, 5.41) is 20.4. The van der Waals surface area contributed by atoms with Crippen molar-refractivity contribution < 1.29 is 4.92 Å². The number of nitriles is 1. The van der Waals surface area contributed by atoms with Crippen LogP contribution in [0.5, 0.6) is 0 Å². The van der Waals surface area contributed by atoms with E-state index >= 15 is 0 Å². The molecule has 0 N–H and O–H groups in total. The number of nitrogens with zero attached hydrogens (tertiary/aromatic N) is 4. The number of hydrogen-bond acceptors (Lipinski definition) is 5. The van der Waals surface area contributed by atoms with Gasteiger partial charge in [-0.2, -0.15) is 5.26 Å². The monoisotopic (exact) mass is 294 g/mol. The molecule has 2 aromatic rings. The van der Waals surface area contributed by atoms with Gasteiger partial charge in [0.05, 0.1) is 17.0 Å². The molecule has 0 bridgehead atoms. The SMILES string of the molecule is N#Cc1cccnc1N(Cc1ccccc1[N+](=O)[O-])C1CC1. The second kappa shape index (κ2) is 5.82. The minimum Gasteiger partial charge on any atom is -0.348 e. The largest absolute Gasteiger partial charge is 0.348 e. The first-order valence-corrected chi connectivity index (χ1v) is 7.04. The van der Waals surface area contributed by atoms with Crippen LogP contribution >= 0.6 is 0 Å². The van der Waals surface area contributed by atoms with Crippen molar-refractivity contribution in [2.45, 2.75) is 25.4 Å². The summed E-state index contributed by atoms with van der Waals surface area (Å²) >= 11 is 0. The average Bonchev–Trinajstić information content (AvgIpc) is 3.37. The predicted molar refractivity (Wildman–Crippen MR) is 81.3 cm³/mol. The highest BCUT2D eigenvalue weighted by molar-refractivity contribution is 5.56. The lowest BCUT2D eigenvalue weighted by atomic mass is 10.1. The fraction of sp³-hybridized carbons (Fsp3) is 0.250. The lowest BCUT2D eigenvalue weighted by Crippen LogP contribution is -2.27. The first-order chi connectivity index (χ1) is 10.7. The first kappa shape index (κ1) is 14.0. The molecule has 1 heterocycles. The molecule has 1 fully saturated rings. The lowest BCUT2D eigenvalue weighted by molar-refractivity contribution is -0.385. The van der Waals surface area contributed by atoms with E-state index in [-0.39, 0.29) is 10.6 Å². The fourth-order valence-electron chi connectivity index (χ4n) is 2.48. The van der Waals surface area contributed by atoms with Gasteiger partial charge in [0.2, 0.25) is 0 Å². The van der Waals surface area contributed by atoms with Gasteiger partial charge >= 0.3 is 0 Å². The minimum atomic E-state index is -0.371. The Bertz CT molecular complexity index is 750. The molecule has 0 unspecified atom stereocenters. The van der Waals surface area contributed by atoms with Gasteiger partial charge in [-0.25, -0.2) is 4.98 Å². The van der Waals surface area contributed by atoms with Gasteiger partial charge < -0.3 is 4.90 Å². The number of para-hydroxylation sites is 1. The Hall–Kier alpha value is -2.94. The summed E-state index contributed by atoms with van der Waals surface area (Å²) in [7, 11) is 0. The Morgan fingerprint density at radius 3 is 2.77 bits per heavy atom. The Labute approximate surface area is 127 Å². The average molecular weight is 294 g/mol. The van der Waals surface area contributed by atoms with E-state index in [9.17, 15) is 15.4 Å². The number of hydrogen-bond donors (Lipinski definition) is 0. The minimum absolute atomic E-state index is 0.0996. The van der Waals surface area contributed by atoms with E-state index in [1.807, 2.05) is 4.90 Å². The van der Waals surface area contributed by atoms with Gasteiger partial charge in [0.1, 0.15) is 11.9 Å². The van der Waals surface area contributed by atoms with Crippen LogP contribution in [0, 0.1) is 21.4 Å². The van der Waals surface area contributed by atoms with Gasteiger partial charge in [0.15, 0.2) is 0 Å². The molecule has 0 amide bonds. The topological polar surface area (TPSA) is 83.1 Å². The van der Waals surface area contributed by atoms with Gasteiger partial charge in [-0.15, -0.1) is 0 Å². The maximum Gasteiger partial charge on any atom is 0.274 e. The third kappa shape index (κ3) is 2.74. The zero-order chi connectivity index (χ0) is 15.5. The van der Waals surface area contributed by atoms with Crippen molar-refractivity contribution in [1.82, 2.24) is 4.98 Å². The summed E-state index contributed by atoms with van der Waals surface area (Å²) < 4.78 is 0. The molecule has 0 saturated heterocycles. The van der Waals surface area contributed by atoms with E-state index < -0.39 is 0 Å². The first-order valence-electron chi connectivity index (χ1n) is 7.04. The maximum absolute atomic E-state index is 11.2. The molecule has 6 nitrogen and oxygen atoms in total. The molecule has 22 heavy (non-hydrogen) atoms. The molecule has 1 saturated carbocycles. The Morgan fingerprint density at radius 1 is 1.32 bits per heavy atom. The number of nitro groups is 1. The number of rotatable bonds is 5. The number of benzene rings is 1. The van der Waals surface area contributed by atoms with Crippen molar-refractivity contribution in [3.8, 4) is 6.07 Å². The Balaban J connectivity index is 1.97. The summed E-state index contributed by atoms with van der Waals surface area (Å²) in [6, 6.07) is 12.6. The molecular formula is C16H14N4O2. The van der Waals surface area contributed by atoms with Crippen molar-refractivity contribution in [1.29, 1.82) is 5.26 Å². The van der Waals surface area contributed by atoms with Crippen LogP contribution in [0.2, 0.25) is 0 Å². The summed E-state index contributed by atoms with van der Waals surface area (Å²) in [6.45, 7) is 0.382. The molecule has 1 aliphatic carbocycles. The van der Waals surface area contributed by atoms with Gasteiger partial charge in [-0.05, 0) is 25.0 Å². The molecule has 1 aromatic heterocycles. The van der Waals surface area contributed by atoms with E-state index in [2.05, 4.69) is 11.1 Å². The summed E-state index contributed by atoms with van der Waals surface area (Å²) in [4.78, 5) is 17.1. The normalized spacial score (nSPS) is 13.4. The zero-order valence-corrected chi connectivity index (χ0v) is 11.8. The molecule has 6 heteroatoms. The van der Waals surface area contributed by atoms with Crippen molar-refractivity contribution in [3.63, 3.8) is 0 Å². The van der Waals surface area contributed by atoms with E-state index in [1.54, 1.807) is 36.5 Å². The van der Waals surface area contributed by atoms with Crippen LogP contribution in [-0.2, 0) is 6.54 Å². The quantitative estimate of drug-likeness (QED) is 0.625. The van der Waals surface area contributed by atoms with Crippen LogP contribution in [0.25, 0.3) is 0 Å². The van der Waals surface area contributed by atoms with Crippen molar-refractivity contribution in [2.75, 3.05) is 4.90 Å². The smallest absolute Gasteiger partial charge is 0.274 e. The van der Waals surface area contributed by atoms with Crippen LogP contribution in [0.1, 0.15) is 24.0 Å². The predicted octanol–water partition coefficient (Wildman–Crippen LogP) is 3.03. The molecule has 0 radical (unpaired) electrons. The van der Waals surface area contributed by atoms with Crippen LogP contribution < -0.4 is 4.90 Å². The van der Waals surface area contributed by atoms with E-state index in [4.69, 9.17) is 0 Å². The fourth-order valence-corrected chi connectivity index (χ4v) is 2.48. The molecule has 3 rings (SSSR count). The van der Waals surface area contributed by atoms with Crippen LogP contribution in [0.3, 0.4) is 0 Å². The van der Waals surface area contributed by atoms with E-state index in [1.165, 1.54) is 6.07 Å². The number of pyridine rings is 1. The highest BCUT2D eigenvalue weighted by atomic mass is 16.6. The van der Waals surface area contributed by atoms with E-state index in [0.717, 1.165) is 12.8 Å². The van der Waals surface area contributed by atoms with E-state index in [0.29, 0.717) is 29.5 Å². The number of anilines is 1. The zero-order valence-electron chi connectivity index (χ0n) is 11.8. The van der Waals surface area contributed by atoms with Gasteiger partial charge in [-0.1, -0.05) is 18.2 Å².